The number of benzene rings is 2. The Bertz CT molecular complexity index is 642. The van der Waals surface area contributed by atoms with Gasteiger partial charge < -0.3 is 14.6 Å². The summed E-state index contributed by atoms with van der Waals surface area (Å²) in [6.07, 6.45) is 0.812. The number of aliphatic hydroxyl groups is 1. The quantitative estimate of drug-likeness (QED) is 0.804. The first-order valence-electron chi connectivity index (χ1n) is 6.95. The monoisotopic (exact) mass is 396 g/mol. The van der Waals surface area contributed by atoms with Gasteiger partial charge in [0.25, 0.3) is 0 Å². The molecule has 0 saturated carbocycles. The maximum Gasteiger partial charge on any atom is 0.150 e. The Hall–Kier alpha value is -1.27. The van der Waals surface area contributed by atoms with Gasteiger partial charge in [-0.25, -0.2) is 0 Å². The van der Waals surface area contributed by atoms with E-state index in [-0.39, 0.29) is 6.10 Å². The van der Waals surface area contributed by atoms with E-state index in [0.717, 1.165) is 33.5 Å². The standard InChI is InChI=1S/C17H17IO3/c1-20-12-7-8-14(18)16(10-12)21-17-13-5-3-2-4-11(13)6-9-15(17)19/h2-5,7-8,10,15,17,19H,6,9H2,1H3/t15-,17-/m0/s1. The van der Waals surface area contributed by atoms with Gasteiger partial charge in [0, 0.05) is 6.07 Å². The second kappa shape index (κ2) is 6.23. The Balaban J connectivity index is 1.94. The third-order valence-corrected chi connectivity index (χ3v) is 4.70. The Morgan fingerprint density at radius 2 is 2.00 bits per heavy atom. The molecule has 1 N–H and O–H groups in total. The molecule has 21 heavy (non-hydrogen) atoms. The molecule has 0 saturated heterocycles. The number of halogens is 1. The van der Waals surface area contributed by atoms with Crippen LogP contribution in [-0.2, 0) is 6.42 Å². The third-order valence-electron chi connectivity index (χ3n) is 3.81. The maximum atomic E-state index is 10.3. The molecule has 2 atom stereocenters. The van der Waals surface area contributed by atoms with Crippen molar-refractivity contribution in [1.82, 2.24) is 0 Å². The third kappa shape index (κ3) is 3.01. The Kier molecular flexibility index (Phi) is 4.35. The van der Waals surface area contributed by atoms with Crippen LogP contribution in [-0.4, -0.2) is 18.3 Å². The van der Waals surface area contributed by atoms with Gasteiger partial charge in [-0.2, -0.15) is 0 Å². The van der Waals surface area contributed by atoms with Crippen molar-refractivity contribution in [2.75, 3.05) is 7.11 Å². The van der Waals surface area contributed by atoms with Gasteiger partial charge in [-0.3, -0.25) is 0 Å². The molecule has 0 amide bonds. The summed E-state index contributed by atoms with van der Waals surface area (Å²) < 4.78 is 12.4. The van der Waals surface area contributed by atoms with Gasteiger partial charge in [0.15, 0.2) is 0 Å². The van der Waals surface area contributed by atoms with Crippen LogP contribution < -0.4 is 9.47 Å². The highest BCUT2D eigenvalue weighted by Gasteiger charge is 2.30. The number of fused-ring (bicyclic) bond motifs is 1. The van der Waals surface area contributed by atoms with E-state index in [1.165, 1.54) is 5.56 Å². The lowest BCUT2D eigenvalue weighted by Crippen LogP contribution is -2.29. The molecule has 0 fully saturated rings. The number of ether oxygens (including phenoxy) is 2. The Labute approximate surface area is 138 Å². The fraction of sp³-hybridized carbons (Fsp3) is 0.294. The van der Waals surface area contributed by atoms with Crippen molar-refractivity contribution in [1.29, 1.82) is 0 Å². The summed E-state index contributed by atoms with van der Waals surface area (Å²) in [5, 5.41) is 10.3. The van der Waals surface area contributed by atoms with Gasteiger partial charge in [0.05, 0.1) is 16.8 Å². The van der Waals surface area contributed by atoms with Crippen LogP contribution in [0, 0.1) is 3.57 Å². The molecule has 2 aromatic rings. The zero-order valence-corrected chi connectivity index (χ0v) is 13.9. The normalized spacial score (nSPS) is 20.7. The van der Waals surface area contributed by atoms with E-state index < -0.39 is 6.10 Å². The van der Waals surface area contributed by atoms with Crippen molar-refractivity contribution in [3.8, 4) is 11.5 Å². The van der Waals surface area contributed by atoms with Gasteiger partial charge in [-0.05, 0) is 58.7 Å². The molecule has 0 radical (unpaired) electrons. The van der Waals surface area contributed by atoms with Crippen LogP contribution in [0.25, 0.3) is 0 Å². The predicted octanol–water partition coefficient (Wildman–Crippen LogP) is 3.73. The smallest absolute Gasteiger partial charge is 0.150 e. The second-order valence-electron chi connectivity index (χ2n) is 5.14. The highest BCUT2D eigenvalue weighted by Crippen LogP contribution is 2.36. The lowest BCUT2D eigenvalue weighted by molar-refractivity contribution is 0.0222. The molecular formula is C17H17IO3. The molecule has 0 aliphatic heterocycles. The Morgan fingerprint density at radius 1 is 1.19 bits per heavy atom. The van der Waals surface area contributed by atoms with Gasteiger partial charge in [-0.1, -0.05) is 24.3 Å². The minimum absolute atomic E-state index is 0.324. The summed E-state index contributed by atoms with van der Waals surface area (Å²) >= 11 is 2.23. The van der Waals surface area contributed by atoms with Gasteiger partial charge in [0.2, 0.25) is 0 Å². The molecule has 0 bridgehead atoms. The van der Waals surface area contributed by atoms with Crippen molar-refractivity contribution in [2.45, 2.75) is 25.0 Å². The number of aryl methyl sites for hydroxylation is 1. The fourth-order valence-corrected chi connectivity index (χ4v) is 3.14. The molecule has 1 aliphatic rings. The number of hydrogen-bond donors (Lipinski definition) is 1. The summed E-state index contributed by atoms with van der Waals surface area (Å²) in [5.41, 5.74) is 2.33. The maximum absolute atomic E-state index is 10.3. The SMILES string of the molecule is COc1ccc(I)c(O[C@H]2c3ccccc3CC[C@@H]2O)c1. The van der Waals surface area contributed by atoms with Crippen molar-refractivity contribution >= 4 is 22.6 Å². The van der Waals surface area contributed by atoms with Crippen LogP contribution in [0.2, 0.25) is 0 Å². The Morgan fingerprint density at radius 3 is 2.81 bits per heavy atom. The van der Waals surface area contributed by atoms with E-state index in [4.69, 9.17) is 9.47 Å². The van der Waals surface area contributed by atoms with Crippen molar-refractivity contribution in [2.24, 2.45) is 0 Å². The molecule has 0 heterocycles. The lowest BCUT2D eigenvalue weighted by Gasteiger charge is -2.31. The number of methoxy groups -OCH3 is 1. The highest BCUT2D eigenvalue weighted by molar-refractivity contribution is 14.1. The van der Waals surface area contributed by atoms with Crippen molar-refractivity contribution in [3.05, 3.63) is 57.2 Å². The fourth-order valence-electron chi connectivity index (χ4n) is 2.68. The molecule has 0 unspecified atom stereocenters. The molecular weight excluding hydrogens is 379 g/mol. The predicted molar refractivity (Wildman–Crippen MR) is 89.8 cm³/mol. The second-order valence-corrected chi connectivity index (χ2v) is 6.30. The average Bonchev–Trinajstić information content (AvgIpc) is 2.52. The summed E-state index contributed by atoms with van der Waals surface area (Å²) in [4.78, 5) is 0. The van der Waals surface area contributed by atoms with Crippen LogP contribution in [0.1, 0.15) is 23.7 Å². The van der Waals surface area contributed by atoms with E-state index in [9.17, 15) is 5.11 Å². The van der Waals surface area contributed by atoms with E-state index in [0.29, 0.717) is 0 Å². The van der Waals surface area contributed by atoms with E-state index >= 15 is 0 Å². The first-order valence-corrected chi connectivity index (χ1v) is 8.03. The molecule has 2 aromatic carbocycles. The van der Waals surface area contributed by atoms with Crippen LogP contribution in [0.3, 0.4) is 0 Å². The van der Waals surface area contributed by atoms with Crippen LogP contribution >= 0.6 is 22.6 Å². The zero-order valence-electron chi connectivity index (χ0n) is 11.8. The summed E-state index contributed by atoms with van der Waals surface area (Å²) in [7, 11) is 1.64. The van der Waals surface area contributed by atoms with Crippen LogP contribution in [0.15, 0.2) is 42.5 Å². The first kappa shape index (κ1) is 14.7. The van der Waals surface area contributed by atoms with Crippen LogP contribution in [0.5, 0.6) is 11.5 Å². The first-order chi connectivity index (χ1) is 10.2. The molecule has 0 spiro atoms. The van der Waals surface area contributed by atoms with Gasteiger partial charge >= 0.3 is 0 Å². The topological polar surface area (TPSA) is 38.7 Å². The van der Waals surface area contributed by atoms with Crippen molar-refractivity contribution in [3.63, 3.8) is 0 Å². The largest absolute Gasteiger partial charge is 0.497 e. The van der Waals surface area contributed by atoms with E-state index in [1.54, 1.807) is 7.11 Å². The van der Waals surface area contributed by atoms with Gasteiger partial charge in [-0.15, -0.1) is 0 Å². The number of aliphatic hydroxyl groups excluding tert-OH is 1. The van der Waals surface area contributed by atoms with Crippen LogP contribution in [0.4, 0.5) is 0 Å². The number of hydrogen-bond acceptors (Lipinski definition) is 3. The number of rotatable bonds is 3. The molecule has 3 nitrogen and oxygen atoms in total. The van der Waals surface area contributed by atoms with E-state index in [2.05, 4.69) is 28.7 Å². The minimum atomic E-state index is -0.484. The molecule has 1 aliphatic carbocycles. The molecule has 3 rings (SSSR count). The zero-order chi connectivity index (χ0) is 14.8. The highest BCUT2D eigenvalue weighted by atomic mass is 127. The minimum Gasteiger partial charge on any atom is -0.497 e. The van der Waals surface area contributed by atoms with Crippen molar-refractivity contribution < 1.29 is 14.6 Å². The molecule has 4 heteroatoms. The average molecular weight is 396 g/mol. The van der Waals surface area contributed by atoms with Gasteiger partial charge in [0.1, 0.15) is 17.6 Å². The van der Waals surface area contributed by atoms with E-state index in [1.807, 2.05) is 36.4 Å². The summed E-state index contributed by atoms with van der Waals surface area (Å²) in [6, 6.07) is 13.9. The molecule has 0 aromatic heterocycles. The molecule has 110 valence electrons. The summed E-state index contributed by atoms with van der Waals surface area (Å²) in [6.45, 7) is 0. The lowest BCUT2D eigenvalue weighted by atomic mass is 9.87. The summed E-state index contributed by atoms with van der Waals surface area (Å²) in [5.74, 6) is 1.50.